The number of nitrogens with one attached hydrogen (secondary N) is 2. The molecule has 0 aliphatic carbocycles. The Bertz CT molecular complexity index is 400. The Morgan fingerprint density at radius 2 is 2.05 bits per heavy atom. The highest BCUT2D eigenvalue weighted by Gasteiger charge is 2.11. The summed E-state index contributed by atoms with van der Waals surface area (Å²) in [6.45, 7) is 5.45. The molecule has 4 nitrogen and oxygen atoms in total. The van der Waals surface area contributed by atoms with Gasteiger partial charge >= 0.3 is 0 Å². The van der Waals surface area contributed by atoms with E-state index in [-0.39, 0.29) is 0 Å². The van der Waals surface area contributed by atoms with Crippen LogP contribution in [0.1, 0.15) is 25.3 Å². The van der Waals surface area contributed by atoms with Gasteiger partial charge in [-0.2, -0.15) is 0 Å². The molecule has 20 heavy (non-hydrogen) atoms. The largest absolute Gasteiger partial charge is 0.493 e. The zero-order valence-electron chi connectivity index (χ0n) is 12.6. The number of hydrogen-bond acceptors (Lipinski definition) is 4. The predicted octanol–water partition coefficient (Wildman–Crippen LogP) is 2.84. The second-order valence-corrected chi connectivity index (χ2v) is 5.00. The topological polar surface area (TPSA) is 42.5 Å². The van der Waals surface area contributed by atoms with Gasteiger partial charge in [-0.3, -0.25) is 0 Å². The fourth-order valence-corrected chi connectivity index (χ4v) is 2.13. The third-order valence-corrected chi connectivity index (χ3v) is 3.13. The summed E-state index contributed by atoms with van der Waals surface area (Å²) in [5, 5.41) is 7.11. The Morgan fingerprint density at radius 1 is 1.25 bits per heavy atom. The van der Waals surface area contributed by atoms with Crippen molar-refractivity contribution in [2.75, 3.05) is 33.9 Å². The highest BCUT2D eigenvalue weighted by Crippen LogP contribution is 2.36. The number of methoxy groups -OCH3 is 1. The molecule has 0 aromatic heterocycles. The molecule has 114 valence electrons. The number of hydrogen-bond donors (Lipinski definition) is 2. The lowest BCUT2D eigenvalue weighted by molar-refractivity contribution is 0.294. The van der Waals surface area contributed by atoms with E-state index >= 15 is 0 Å². The fourth-order valence-electron chi connectivity index (χ4n) is 1.84. The SMILES string of the molecule is CCCOc1c(Cl)cc(CNCCCNC)cc1OC. The highest BCUT2D eigenvalue weighted by molar-refractivity contribution is 6.32. The van der Waals surface area contributed by atoms with Crippen molar-refractivity contribution in [2.24, 2.45) is 0 Å². The summed E-state index contributed by atoms with van der Waals surface area (Å²) < 4.78 is 11.0. The first kappa shape index (κ1) is 17.1. The molecule has 0 atom stereocenters. The molecule has 0 saturated carbocycles. The fraction of sp³-hybridized carbons (Fsp3) is 0.600. The number of halogens is 1. The van der Waals surface area contributed by atoms with Crippen molar-refractivity contribution in [1.29, 1.82) is 0 Å². The Morgan fingerprint density at radius 3 is 2.70 bits per heavy atom. The first-order valence-electron chi connectivity index (χ1n) is 7.07. The average molecular weight is 301 g/mol. The van der Waals surface area contributed by atoms with Crippen molar-refractivity contribution in [1.82, 2.24) is 10.6 Å². The average Bonchev–Trinajstić information content (AvgIpc) is 2.45. The normalized spacial score (nSPS) is 10.6. The Hall–Kier alpha value is -0.970. The molecule has 0 spiro atoms. The van der Waals surface area contributed by atoms with Crippen molar-refractivity contribution >= 4 is 11.6 Å². The molecule has 0 saturated heterocycles. The van der Waals surface area contributed by atoms with Crippen LogP contribution in [0, 0.1) is 0 Å². The van der Waals surface area contributed by atoms with Crippen molar-refractivity contribution < 1.29 is 9.47 Å². The van der Waals surface area contributed by atoms with Gasteiger partial charge in [-0.15, -0.1) is 0 Å². The maximum Gasteiger partial charge on any atom is 0.179 e. The minimum absolute atomic E-state index is 0.602. The summed E-state index contributed by atoms with van der Waals surface area (Å²) in [6, 6.07) is 3.90. The van der Waals surface area contributed by atoms with Crippen molar-refractivity contribution in [2.45, 2.75) is 26.3 Å². The quantitative estimate of drug-likeness (QED) is 0.652. The highest BCUT2D eigenvalue weighted by atomic mass is 35.5. The van der Waals surface area contributed by atoms with Gasteiger partial charge in [0.05, 0.1) is 18.7 Å². The van der Waals surface area contributed by atoms with Crippen LogP contribution in [-0.2, 0) is 6.54 Å². The van der Waals surface area contributed by atoms with E-state index in [1.807, 2.05) is 19.2 Å². The van der Waals surface area contributed by atoms with Crippen LogP contribution in [0.2, 0.25) is 5.02 Å². The van der Waals surface area contributed by atoms with Gasteiger partial charge in [-0.1, -0.05) is 18.5 Å². The maximum atomic E-state index is 6.27. The second-order valence-electron chi connectivity index (χ2n) is 4.59. The second kappa shape index (κ2) is 9.86. The molecule has 0 radical (unpaired) electrons. The molecule has 0 unspecified atom stereocenters. The first-order valence-corrected chi connectivity index (χ1v) is 7.45. The third-order valence-electron chi connectivity index (χ3n) is 2.85. The van der Waals surface area contributed by atoms with Crippen LogP contribution in [0.25, 0.3) is 0 Å². The molecular formula is C15H25ClN2O2. The molecule has 0 aliphatic heterocycles. The lowest BCUT2D eigenvalue weighted by atomic mass is 10.2. The summed E-state index contributed by atoms with van der Waals surface area (Å²) in [5.74, 6) is 1.33. The molecule has 0 fully saturated rings. The third kappa shape index (κ3) is 5.57. The first-order chi connectivity index (χ1) is 9.72. The summed E-state index contributed by atoms with van der Waals surface area (Å²) in [4.78, 5) is 0. The molecule has 1 aromatic rings. The van der Waals surface area contributed by atoms with E-state index < -0.39 is 0 Å². The maximum absolute atomic E-state index is 6.27. The van der Waals surface area contributed by atoms with Gasteiger partial charge in [0.15, 0.2) is 11.5 Å². The number of rotatable bonds is 10. The molecule has 0 bridgehead atoms. The van der Waals surface area contributed by atoms with Crippen LogP contribution >= 0.6 is 11.6 Å². The van der Waals surface area contributed by atoms with Gasteiger partial charge in [0.25, 0.3) is 0 Å². The van der Waals surface area contributed by atoms with E-state index in [9.17, 15) is 0 Å². The summed E-state index contributed by atoms with van der Waals surface area (Å²) in [5.41, 5.74) is 1.10. The predicted molar refractivity (Wildman–Crippen MR) is 84.0 cm³/mol. The van der Waals surface area contributed by atoms with Crippen LogP contribution in [0.15, 0.2) is 12.1 Å². The number of benzene rings is 1. The van der Waals surface area contributed by atoms with E-state index in [1.165, 1.54) is 0 Å². The zero-order chi connectivity index (χ0) is 14.8. The molecule has 0 amide bonds. The molecule has 1 aromatic carbocycles. The van der Waals surface area contributed by atoms with Crippen molar-refractivity contribution in [3.8, 4) is 11.5 Å². The van der Waals surface area contributed by atoms with Gasteiger partial charge in [0.2, 0.25) is 0 Å². The standard InChI is InChI=1S/C15H25ClN2O2/c1-4-8-20-15-13(16)9-12(10-14(15)19-3)11-18-7-5-6-17-2/h9-10,17-18H,4-8,11H2,1-3H3. The van der Waals surface area contributed by atoms with Crippen LogP contribution in [0.4, 0.5) is 0 Å². The van der Waals surface area contributed by atoms with Crippen molar-refractivity contribution in [3.05, 3.63) is 22.7 Å². The smallest absolute Gasteiger partial charge is 0.179 e. The molecule has 0 heterocycles. The lowest BCUT2D eigenvalue weighted by Gasteiger charge is -2.14. The molecular weight excluding hydrogens is 276 g/mol. The van der Waals surface area contributed by atoms with E-state index in [4.69, 9.17) is 21.1 Å². The summed E-state index contributed by atoms with van der Waals surface area (Å²) in [7, 11) is 3.59. The summed E-state index contributed by atoms with van der Waals surface area (Å²) in [6.07, 6.45) is 2.04. The molecule has 0 aliphatic rings. The van der Waals surface area contributed by atoms with Gasteiger partial charge in [0.1, 0.15) is 0 Å². The monoisotopic (exact) mass is 300 g/mol. The minimum atomic E-state index is 0.602. The zero-order valence-corrected chi connectivity index (χ0v) is 13.3. The van der Waals surface area contributed by atoms with Crippen LogP contribution < -0.4 is 20.1 Å². The van der Waals surface area contributed by atoms with Crippen LogP contribution in [0.5, 0.6) is 11.5 Å². The minimum Gasteiger partial charge on any atom is -0.493 e. The van der Waals surface area contributed by atoms with Gasteiger partial charge in [0, 0.05) is 6.54 Å². The number of ether oxygens (including phenoxy) is 2. The van der Waals surface area contributed by atoms with Crippen LogP contribution in [-0.4, -0.2) is 33.9 Å². The Balaban J connectivity index is 2.62. The lowest BCUT2D eigenvalue weighted by Crippen LogP contribution is -2.19. The van der Waals surface area contributed by atoms with Gasteiger partial charge in [-0.05, 0) is 50.7 Å². The Labute approximate surface area is 126 Å². The van der Waals surface area contributed by atoms with Crippen molar-refractivity contribution in [3.63, 3.8) is 0 Å². The van der Waals surface area contributed by atoms with E-state index in [2.05, 4.69) is 17.6 Å². The summed E-state index contributed by atoms with van der Waals surface area (Å²) >= 11 is 6.27. The van der Waals surface area contributed by atoms with E-state index in [1.54, 1.807) is 7.11 Å². The Kier molecular flexibility index (Phi) is 8.42. The molecule has 1 rings (SSSR count). The van der Waals surface area contributed by atoms with E-state index in [0.29, 0.717) is 23.1 Å². The van der Waals surface area contributed by atoms with E-state index in [0.717, 1.165) is 38.0 Å². The van der Waals surface area contributed by atoms with Gasteiger partial charge < -0.3 is 20.1 Å². The van der Waals surface area contributed by atoms with Gasteiger partial charge in [-0.25, -0.2) is 0 Å². The van der Waals surface area contributed by atoms with Crippen LogP contribution in [0.3, 0.4) is 0 Å². The molecule has 2 N–H and O–H groups in total. The molecule has 5 heteroatoms.